The second-order valence-corrected chi connectivity index (χ2v) is 8.11. The van der Waals surface area contributed by atoms with Crippen molar-refractivity contribution < 1.29 is 38.2 Å². The van der Waals surface area contributed by atoms with Crippen molar-refractivity contribution in [1.82, 2.24) is 19.6 Å². The number of rotatable bonds is 0. The van der Waals surface area contributed by atoms with Gasteiger partial charge in [0.2, 0.25) is 5.90 Å². The van der Waals surface area contributed by atoms with Crippen LogP contribution in [-0.2, 0) is 28.7 Å². The highest BCUT2D eigenvalue weighted by molar-refractivity contribution is 6.36. The largest absolute Gasteiger partial charge is 0.428 e. The Morgan fingerprint density at radius 1 is 0.700 bits per heavy atom. The summed E-state index contributed by atoms with van der Waals surface area (Å²) in [4.78, 5) is 83.0. The van der Waals surface area contributed by atoms with E-state index in [1.807, 2.05) is 0 Å². The molecule has 0 aromatic carbocycles. The van der Waals surface area contributed by atoms with Gasteiger partial charge in [0, 0.05) is 28.2 Å². The van der Waals surface area contributed by atoms with E-state index in [1.54, 1.807) is 20.8 Å². The molecule has 13 heteroatoms. The van der Waals surface area contributed by atoms with E-state index in [0.29, 0.717) is 19.6 Å². The molecule has 0 saturated carbocycles. The van der Waals surface area contributed by atoms with E-state index in [2.05, 4.69) is 4.99 Å². The molecule has 8 amide bonds. The Balaban J connectivity index is 2.29. The van der Waals surface area contributed by atoms with Crippen LogP contribution in [0.3, 0.4) is 0 Å². The molecule has 3 rings (SSSR count). The van der Waals surface area contributed by atoms with E-state index < -0.39 is 58.5 Å². The molecule has 0 aromatic heterocycles. The molecule has 162 valence electrons. The van der Waals surface area contributed by atoms with Crippen molar-refractivity contribution in [2.75, 3.05) is 28.2 Å². The standard InChI is InChI=1S/C17H21N5O8/c1-15(2,3)18-8-16(9(23)19(4)13(27)20(5)10(16)24)30-17(29-8)11(25)21(6)14(28)22(7)12(17)26/h1-7H3. The maximum atomic E-state index is 13.1. The summed E-state index contributed by atoms with van der Waals surface area (Å²) in [5, 5.41) is 0. The molecule has 0 unspecified atom stereocenters. The van der Waals surface area contributed by atoms with Gasteiger partial charge in [-0.25, -0.2) is 14.6 Å². The predicted molar refractivity (Wildman–Crippen MR) is 96.7 cm³/mol. The van der Waals surface area contributed by atoms with Gasteiger partial charge in [0.05, 0.1) is 5.54 Å². The number of barbiturate groups is 2. The lowest BCUT2D eigenvalue weighted by molar-refractivity contribution is -0.216. The number of nitrogens with zero attached hydrogens (tertiary/aromatic N) is 5. The zero-order valence-electron chi connectivity index (χ0n) is 17.5. The second kappa shape index (κ2) is 6.08. The molecule has 3 heterocycles. The number of imide groups is 4. The fourth-order valence-electron chi connectivity index (χ4n) is 3.23. The molecule has 0 radical (unpaired) electrons. The van der Waals surface area contributed by atoms with E-state index in [-0.39, 0.29) is 0 Å². The molecule has 0 N–H and O–H groups in total. The Morgan fingerprint density at radius 2 is 1.07 bits per heavy atom. The summed E-state index contributed by atoms with van der Waals surface area (Å²) in [6, 6.07) is -1.90. The predicted octanol–water partition coefficient (Wildman–Crippen LogP) is -1.23. The topological polar surface area (TPSA) is 146 Å². The normalized spacial score (nSPS) is 25.4. The average molecular weight is 423 g/mol. The molecule has 3 aliphatic rings. The first kappa shape index (κ1) is 21.4. The fraction of sp³-hybridized carbons (Fsp3) is 0.588. The summed E-state index contributed by atoms with van der Waals surface area (Å²) in [5.41, 5.74) is -3.64. The van der Waals surface area contributed by atoms with E-state index >= 15 is 0 Å². The third kappa shape index (κ3) is 2.47. The van der Waals surface area contributed by atoms with Crippen LogP contribution >= 0.6 is 0 Å². The van der Waals surface area contributed by atoms with Gasteiger partial charge in [-0.3, -0.25) is 43.5 Å². The molecule has 3 fully saturated rings. The Kier molecular flexibility index (Phi) is 4.33. The summed E-state index contributed by atoms with van der Waals surface area (Å²) in [7, 11) is 4.37. The number of ether oxygens (including phenoxy) is 2. The molecule has 3 aliphatic heterocycles. The second-order valence-electron chi connectivity index (χ2n) is 8.11. The van der Waals surface area contributed by atoms with Crippen molar-refractivity contribution in [2.45, 2.75) is 37.7 Å². The van der Waals surface area contributed by atoms with Crippen molar-refractivity contribution in [1.29, 1.82) is 0 Å². The summed E-state index contributed by atoms with van der Waals surface area (Å²) < 4.78 is 11.1. The van der Waals surface area contributed by atoms with Crippen LogP contribution in [-0.4, -0.2) is 106 Å². The van der Waals surface area contributed by atoms with Crippen LogP contribution in [0.4, 0.5) is 9.59 Å². The van der Waals surface area contributed by atoms with Crippen molar-refractivity contribution in [2.24, 2.45) is 4.99 Å². The van der Waals surface area contributed by atoms with Crippen LogP contribution in [0, 0.1) is 0 Å². The third-order valence-corrected chi connectivity index (χ3v) is 4.81. The zero-order chi connectivity index (χ0) is 23.0. The first-order chi connectivity index (χ1) is 13.6. The van der Waals surface area contributed by atoms with Crippen LogP contribution < -0.4 is 0 Å². The number of hydrogen-bond acceptors (Lipinski definition) is 9. The smallest absolute Gasteiger partial charge is 0.377 e. The Bertz CT molecular complexity index is 900. The molecule has 0 aliphatic carbocycles. The Labute approximate surface area is 171 Å². The quantitative estimate of drug-likeness (QED) is 0.440. The molecular weight excluding hydrogens is 402 g/mol. The number of likely N-dealkylation sites (N-methyl/N-ethyl adjacent to an activating group) is 4. The summed E-state index contributed by atoms with van der Waals surface area (Å²) in [6.07, 6.45) is 0. The van der Waals surface area contributed by atoms with E-state index in [4.69, 9.17) is 9.47 Å². The maximum absolute atomic E-state index is 13.1. The third-order valence-electron chi connectivity index (χ3n) is 4.81. The van der Waals surface area contributed by atoms with Crippen molar-refractivity contribution >= 4 is 41.6 Å². The van der Waals surface area contributed by atoms with Crippen molar-refractivity contribution in [3.63, 3.8) is 0 Å². The van der Waals surface area contributed by atoms with Crippen LogP contribution in [0.1, 0.15) is 20.8 Å². The van der Waals surface area contributed by atoms with E-state index in [0.717, 1.165) is 28.2 Å². The summed E-state index contributed by atoms with van der Waals surface area (Å²) >= 11 is 0. The minimum Gasteiger partial charge on any atom is -0.428 e. The van der Waals surface area contributed by atoms with Gasteiger partial charge in [0.1, 0.15) is 0 Å². The molecule has 0 bridgehead atoms. The molecular formula is C17H21N5O8. The number of carbonyl (C=O) groups is 6. The van der Waals surface area contributed by atoms with Gasteiger partial charge in [-0.05, 0) is 20.8 Å². The van der Waals surface area contributed by atoms with Crippen molar-refractivity contribution in [3.05, 3.63) is 0 Å². The lowest BCUT2D eigenvalue weighted by atomic mass is 9.96. The van der Waals surface area contributed by atoms with Gasteiger partial charge in [-0.15, -0.1) is 0 Å². The average Bonchev–Trinajstić information content (AvgIpc) is 3.01. The highest BCUT2D eigenvalue weighted by Gasteiger charge is 2.77. The van der Waals surface area contributed by atoms with Crippen LogP contribution in [0.5, 0.6) is 0 Å². The monoisotopic (exact) mass is 423 g/mol. The molecule has 0 atom stereocenters. The van der Waals surface area contributed by atoms with Gasteiger partial charge >= 0.3 is 35.3 Å². The first-order valence-electron chi connectivity index (χ1n) is 8.82. The minimum absolute atomic E-state index is 0.561. The van der Waals surface area contributed by atoms with Crippen LogP contribution in [0.15, 0.2) is 4.99 Å². The number of carbonyl (C=O) groups excluding carboxylic acids is 6. The first-order valence-corrected chi connectivity index (χ1v) is 8.82. The Morgan fingerprint density at radius 3 is 1.43 bits per heavy atom. The lowest BCUT2D eigenvalue weighted by Gasteiger charge is -2.39. The van der Waals surface area contributed by atoms with E-state index in [9.17, 15) is 28.8 Å². The molecule has 30 heavy (non-hydrogen) atoms. The van der Waals surface area contributed by atoms with Crippen LogP contribution in [0.25, 0.3) is 0 Å². The maximum Gasteiger partial charge on any atom is 0.377 e. The molecule has 3 saturated heterocycles. The van der Waals surface area contributed by atoms with Gasteiger partial charge in [-0.2, -0.15) is 0 Å². The molecule has 2 spiro atoms. The SMILES string of the molecule is CN1C(=O)N(C)C(=O)C2(OC(=NC(C)(C)C)C3(O2)C(=O)N(C)C(=O)N(C)C3=O)C1=O. The number of urea groups is 2. The highest BCUT2D eigenvalue weighted by Crippen LogP contribution is 2.42. The van der Waals surface area contributed by atoms with Crippen molar-refractivity contribution in [3.8, 4) is 0 Å². The number of amides is 8. The minimum atomic E-state index is -2.84. The summed E-state index contributed by atoms with van der Waals surface area (Å²) in [5.74, 6) is -8.34. The Hall–Kier alpha value is -3.35. The summed E-state index contributed by atoms with van der Waals surface area (Å²) in [6.45, 7) is 4.85. The van der Waals surface area contributed by atoms with E-state index in [1.165, 1.54) is 0 Å². The van der Waals surface area contributed by atoms with Gasteiger partial charge < -0.3 is 4.74 Å². The number of hydrogen-bond donors (Lipinski definition) is 0. The zero-order valence-corrected chi connectivity index (χ0v) is 17.5. The molecule has 13 nitrogen and oxygen atoms in total. The lowest BCUT2D eigenvalue weighted by Crippen LogP contribution is -2.72. The number of aliphatic imine (C=N–C) groups is 1. The van der Waals surface area contributed by atoms with Gasteiger partial charge in [0.25, 0.3) is 11.8 Å². The fourth-order valence-corrected chi connectivity index (χ4v) is 3.23. The van der Waals surface area contributed by atoms with Gasteiger partial charge in [-0.1, -0.05) is 0 Å². The molecule has 0 aromatic rings. The van der Waals surface area contributed by atoms with Crippen LogP contribution in [0.2, 0.25) is 0 Å². The van der Waals surface area contributed by atoms with Gasteiger partial charge in [0.15, 0.2) is 0 Å². The highest BCUT2D eigenvalue weighted by atomic mass is 16.8.